The number of hydrogen-bond acceptors (Lipinski definition) is 3. The zero-order valence-electron chi connectivity index (χ0n) is 13.9. The van der Waals surface area contributed by atoms with Crippen LogP contribution in [-0.2, 0) is 11.3 Å². The molecule has 2 rings (SSSR count). The largest absolute Gasteiger partial charge is 0.494 e. The van der Waals surface area contributed by atoms with E-state index in [1.807, 2.05) is 6.92 Å². The van der Waals surface area contributed by atoms with Crippen molar-refractivity contribution in [2.75, 3.05) is 13.2 Å². The Hall–Kier alpha value is -1.76. The first-order valence-electron chi connectivity index (χ1n) is 8.09. The molecule has 134 valence electrons. The number of hydrogen-bond donors (Lipinski definition) is 1. The molecule has 0 spiro atoms. The standard InChI is InChI=1S/C17H23F3N2O2/c1-3-24-15-6-4-5-13(9-15)10-22-11-14(21-12(2)23)7-8-16(22)17(18,19)20/h4-6,9,14,16H,3,7-8,10-11H2,1-2H3,(H,21,23)/t14-,16-/m0/s1. The van der Waals surface area contributed by atoms with Crippen LogP contribution in [0.3, 0.4) is 0 Å². The van der Waals surface area contributed by atoms with E-state index >= 15 is 0 Å². The number of nitrogens with one attached hydrogen (secondary N) is 1. The van der Waals surface area contributed by atoms with Crippen molar-refractivity contribution < 1.29 is 22.7 Å². The van der Waals surface area contributed by atoms with E-state index < -0.39 is 12.2 Å². The van der Waals surface area contributed by atoms with E-state index in [4.69, 9.17) is 4.74 Å². The fraction of sp³-hybridized carbons (Fsp3) is 0.588. The highest BCUT2D eigenvalue weighted by Crippen LogP contribution is 2.33. The summed E-state index contributed by atoms with van der Waals surface area (Å²) in [6.45, 7) is 4.09. The van der Waals surface area contributed by atoms with Gasteiger partial charge in [-0.1, -0.05) is 12.1 Å². The summed E-state index contributed by atoms with van der Waals surface area (Å²) in [5, 5.41) is 2.73. The SMILES string of the molecule is CCOc1cccc(CN2C[C@@H](NC(C)=O)CC[C@H]2C(F)(F)F)c1. The molecule has 0 aliphatic carbocycles. The monoisotopic (exact) mass is 344 g/mol. The molecule has 0 saturated carbocycles. The molecular formula is C17H23F3N2O2. The van der Waals surface area contributed by atoms with E-state index in [0.717, 1.165) is 5.56 Å². The number of nitrogens with zero attached hydrogens (tertiary/aromatic N) is 1. The zero-order valence-corrected chi connectivity index (χ0v) is 13.9. The van der Waals surface area contributed by atoms with Gasteiger partial charge in [-0.15, -0.1) is 0 Å². The van der Waals surface area contributed by atoms with Crippen LogP contribution in [0.25, 0.3) is 0 Å². The first-order chi connectivity index (χ1) is 11.3. The molecule has 1 amide bonds. The Morgan fingerprint density at radius 3 is 2.75 bits per heavy atom. The minimum absolute atomic E-state index is 0.0143. The van der Waals surface area contributed by atoms with Crippen LogP contribution in [0.2, 0.25) is 0 Å². The quantitative estimate of drug-likeness (QED) is 0.892. The molecule has 2 atom stereocenters. The molecule has 1 aliphatic heterocycles. The number of alkyl halides is 3. The van der Waals surface area contributed by atoms with Gasteiger partial charge < -0.3 is 10.1 Å². The molecule has 24 heavy (non-hydrogen) atoms. The van der Waals surface area contributed by atoms with E-state index in [1.165, 1.54) is 11.8 Å². The van der Waals surface area contributed by atoms with Gasteiger partial charge >= 0.3 is 6.18 Å². The molecule has 0 unspecified atom stereocenters. The van der Waals surface area contributed by atoms with Crippen molar-refractivity contribution in [1.82, 2.24) is 10.2 Å². The van der Waals surface area contributed by atoms with E-state index in [1.54, 1.807) is 24.3 Å². The number of carbonyl (C=O) groups excluding carboxylic acids is 1. The van der Waals surface area contributed by atoms with Gasteiger partial charge in [0.1, 0.15) is 11.8 Å². The molecule has 0 radical (unpaired) electrons. The van der Waals surface area contributed by atoms with Crippen LogP contribution >= 0.6 is 0 Å². The smallest absolute Gasteiger partial charge is 0.404 e. The first-order valence-corrected chi connectivity index (χ1v) is 8.09. The lowest BCUT2D eigenvalue weighted by Gasteiger charge is -2.40. The van der Waals surface area contributed by atoms with E-state index in [9.17, 15) is 18.0 Å². The van der Waals surface area contributed by atoms with Gasteiger partial charge in [-0.3, -0.25) is 9.69 Å². The average Bonchev–Trinajstić information content (AvgIpc) is 2.46. The average molecular weight is 344 g/mol. The summed E-state index contributed by atoms with van der Waals surface area (Å²) in [6, 6.07) is 5.37. The van der Waals surface area contributed by atoms with Gasteiger partial charge in [0.05, 0.1) is 6.61 Å². The Kier molecular flexibility index (Phi) is 6.10. The normalized spacial score (nSPS) is 22.2. The van der Waals surface area contributed by atoms with Crippen molar-refractivity contribution in [2.45, 2.75) is 51.5 Å². The fourth-order valence-corrected chi connectivity index (χ4v) is 3.13. The highest BCUT2D eigenvalue weighted by atomic mass is 19.4. The van der Waals surface area contributed by atoms with Crippen LogP contribution < -0.4 is 10.1 Å². The summed E-state index contributed by atoms with van der Waals surface area (Å²) in [6.07, 6.45) is -3.96. The third kappa shape index (κ3) is 5.12. The molecule has 4 nitrogen and oxygen atoms in total. The number of piperidine rings is 1. The van der Waals surface area contributed by atoms with Crippen molar-refractivity contribution in [1.29, 1.82) is 0 Å². The van der Waals surface area contributed by atoms with Crippen LogP contribution in [0, 0.1) is 0 Å². The third-order valence-electron chi connectivity index (χ3n) is 4.06. The first kappa shape index (κ1) is 18.6. The maximum absolute atomic E-state index is 13.3. The van der Waals surface area contributed by atoms with Crippen LogP contribution in [-0.4, -0.2) is 42.2 Å². The molecule has 0 bridgehead atoms. The van der Waals surface area contributed by atoms with E-state index in [0.29, 0.717) is 18.8 Å². The van der Waals surface area contributed by atoms with Crippen LogP contribution in [0.4, 0.5) is 13.2 Å². The number of benzene rings is 1. The Balaban J connectivity index is 2.14. The number of likely N-dealkylation sites (tertiary alicyclic amines) is 1. The number of ether oxygens (including phenoxy) is 1. The van der Waals surface area contributed by atoms with Crippen molar-refractivity contribution >= 4 is 5.91 Å². The van der Waals surface area contributed by atoms with Gasteiger partial charge in [-0.25, -0.2) is 0 Å². The molecule has 1 aromatic rings. The second kappa shape index (κ2) is 7.88. The Morgan fingerprint density at radius 1 is 1.38 bits per heavy atom. The van der Waals surface area contributed by atoms with Crippen molar-refractivity contribution in [3.63, 3.8) is 0 Å². The predicted octanol–water partition coefficient (Wildman–Crippen LogP) is 3.12. The fourth-order valence-electron chi connectivity index (χ4n) is 3.13. The number of halogens is 3. The van der Waals surface area contributed by atoms with Gasteiger partial charge in [-0.05, 0) is 37.5 Å². The van der Waals surface area contributed by atoms with Gasteiger partial charge in [0, 0.05) is 26.1 Å². The number of amides is 1. The van der Waals surface area contributed by atoms with E-state index in [2.05, 4.69) is 5.32 Å². The molecule has 1 aliphatic rings. The molecule has 1 saturated heterocycles. The van der Waals surface area contributed by atoms with Crippen molar-refractivity contribution in [3.8, 4) is 5.75 Å². The molecule has 1 heterocycles. The third-order valence-corrected chi connectivity index (χ3v) is 4.06. The van der Waals surface area contributed by atoms with Crippen molar-refractivity contribution in [3.05, 3.63) is 29.8 Å². The lowest BCUT2D eigenvalue weighted by molar-refractivity contribution is -0.194. The number of rotatable bonds is 5. The molecule has 1 fully saturated rings. The van der Waals surface area contributed by atoms with Crippen LogP contribution in [0.5, 0.6) is 5.75 Å². The Bertz CT molecular complexity index is 563. The maximum atomic E-state index is 13.3. The minimum Gasteiger partial charge on any atom is -0.494 e. The van der Waals surface area contributed by atoms with Crippen molar-refractivity contribution in [2.24, 2.45) is 0 Å². The van der Waals surface area contributed by atoms with Crippen LogP contribution in [0.1, 0.15) is 32.3 Å². The summed E-state index contributed by atoms with van der Waals surface area (Å²) in [7, 11) is 0. The van der Waals surface area contributed by atoms with Crippen LogP contribution in [0.15, 0.2) is 24.3 Å². The Labute approximate surface area is 140 Å². The highest BCUT2D eigenvalue weighted by molar-refractivity contribution is 5.73. The lowest BCUT2D eigenvalue weighted by atomic mass is 9.96. The Morgan fingerprint density at radius 2 is 2.12 bits per heavy atom. The second-order valence-corrected chi connectivity index (χ2v) is 6.04. The molecule has 1 aromatic carbocycles. The topological polar surface area (TPSA) is 41.6 Å². The molecular weight excluding hydrogens is 321 g/mol. The molecule has 7 heteroatoms. The highest BCUT2D eigenvalue weighted by Gasteiger charge is 2.46. The lowest BCUT2D eigenvalue weighted by Crippen LogP contribution is -2.55. The summed E-state index contributed by atoms with van der Waals surface area (Å²) >= 11 is 0. The summed E-state index contributed by atoms with van der Waals surface area (Å²) < 4.78 is 45.4. The summed E-state index contributed by atoms with van der Waals surface area (Å²) in [5.41, 5.74) is 0.763. The van der Waals surface area contributed by atoms with Gasteiger partial charge in [0.2, 0.25) is 5.91 Å². The number of carbonyl (C=O) groups is 1. The maximum Gasteiger partial charge on any atom is 0.404 e. The van der Waals surface area contributed by atoms with E-state index in [-0.39, 0.29) is 31.5 Å². The molecule has 0 aromatic heterocycles. The zero-order chi connectivity index (χ0) is 17.7. The van der Waals surface area contributed by atoms with Gasteiger partial charge in [-0.2, -0.15) is 13.2 Å². The summed E-state index contributed by atoms with van der Waals surface area (Å²) in [5.74, 6) is 0.428. The molecule has 1 N–H and O–H groups in total. The summed E-state index contributed by atoms with van der Waals surface area (Å²) in [4.78, 5) is 12.6. The van der Waals surface area contributed by atoms with Gasteiger partial charge in [0.25, 0.3) is 0 Å². The minimum atomic E-state index is -4.28. The predicted molar refractivity (Wildman–Crippen MR) is 84.7 cm³/mol. The second-order valence-electron chi connectivity index (χ2n) is 6.04. The van der Waals surface area contributed by atoms with Gasteiger partial charge in [0.15, 0.2) is 0 Å².